The predicted octanol–water partition coefficient (Wildman–Crippen LogP) is 2.08. The molecule has 0 bridgehead atoms. The molecule has 128 valence electrons. The quantitative estimate of drug-likeness (QED) is 0.864. The van der Waals surface area contributed by atoms with Gasteiger partial charge in [0.05, 0.1) is 4.90 Å². The van der Waals surface area contributed by atoms with Crippen molar-refractivity contribution in [3.8, 4) is 11.5 Å². The van der Waals surface area contributed by atoms with Crippen LogP contribution < -0.4 is 14.6 Å². The summed E-state index contributed by atoms with van der Waals surface area (Å²) in [5.41, 5.74) is 1.77. The Balaban J connectivity index is 1.79. The van der Waals surface area contributed by atoms with Crippen LogP contribution in [0.2, 0.25) is 0 Å². The first kappa shape index (κ1) is 16.8. The number of rotatable bonds is 6. The fourth-order valence-electron chi connectivity index (χ4n) is 2.73. The van der Waals surface area contributed by atoms with E-state index in [0.29, 0.717) is 18.7 Å². The van der Waals surface area contributed by atoms with Gasteiger partial charge >= 0.3 is 0 Å². The van der Waals surface area contributed by atoms with Crippen molar-refractivity contribution in [2.45, 2.75) is 24.9 Å². The molecule has 0 fully saturated rings. The Bertz CT molecular complexity index is 836. The lowest BCUT2D eigenvalue weighted by atomic mass is 10.1. The number of benzene rings is 2. The third-order valence-corrected chi connectivity index (χ3v) is 4.97. The van der Waals surface area contributed by atoms with E-state index in [2.05, 4.69) is 4.90 Å². The average molecular weight is 348 g/mol. The van der Waals surface area contributed by atoms with Crippen LogP contribution in [0.5, 0.6) is 11.5 Å². The minimum Gasteiger partial charge on any atom is -0.454 e. The Kier molecular flexibility index (Phi) is 4.75. The van der Waals surface area contributed by atoms with E-state index < -0.39 is 10.0 Å². The largest absolute Gasteiger partial charge is 0.454 e. The first-order valence-corrected chi connectivity index (χ1v) is 9.23. The maximum Gasteiger partial charge on any atom is 0.238 e. The van der Waals surface area contributed by atoms with Gasteiger partial charge in [-0.2, -0.15) is 0 Å². The summed E-state index contributed by atoms with van der Waals surface area (Å²) in [6, 6.07) is 12.7. The second-order valence-electron chi connectivity index (χ2n) is 5.64. The van der Waals surface area contributed by atoms with Crippen molar-refractivity contribution in [2.75, 3.05) is 13.3 Å². The second kappa shape index (κ2) is 6.80. The van der Waals surface area contributed by atoms with E-state index in [0.717, 1.165) is 23.6 Å². The lowest BCUT2D eigenvalue weighted by molar-refractivity contribution is 0.174. The highest BCUT2D eigenvalue weighted by molar-refractivity contribution is 7.89. The smallest absolute Gasteiger partial charge is 0.238 e. The van der Waals surface area contributed by atoms with Crippen molar-refractivity contribution in [1.29, 1.82) is 0 Å². The summed E-state index contributed by atoms with van der Waals surface area (Å²) < 4.78 is 34.2. The molecule has 6 nitrogen and oxygen atoms in total. The maximum atomic E-state index is 11.7. The molecule has 1 heterocycles. The molecule has 0 aliphatic carbocycles. The van der Waals surface area contributed by atoms with Gasteiger partial charge in [0.2, 0.25) is 16.8 Å². The zero-order valence-corrected chi connectivity index (χ0v) is 14.3. The van der Waals surface area contributed by atoms with Crippen molar-refractivity contribution >= 4 is 10.0 Å². The minimum absolute atomic E-state index is 0.175. The standard InChI is InChI=1S/C17H20N2O4S/c1-2-19(10-13-7-8-15-16(9-13)23-12-22-15)11-14-5-3-4-6-17(14)24(18,20)21/h3-9H,2,10-12H2,1H3,(H2,18,20,21). The minimum atomic E-state index is -3.73. The zero-order chi connectivity index (χ0) is 17.2. The van der Waals surface area contributed by atoms with Crippen LogP contribution in [0.25, 0.3) is 0 Å². The molecule has 0 unspecified atom stereocenters. The van der Waals surface area contributed by atoms with Crippen molar-refractivity contribution < 1.29 is 17.9 Å². The Labute approximate surface area is 141 Å². The second-order valence-corrected chi connectivity index (χ2v) is 7.17. The molecule has 0 aromatic heterocycles. The number of primary sulfonamides is 1. The summed E-state index contributed by atoms with van der Waals surface area (Å²) in [6.45, 7) is 4.22. The van der Waals surface area contributed by atoms with Crippen LogP contribution in [0.3, 0.4) is 0 Å². The van der Waals surface area contributed by atoms with Crippen LogP contribution in [0, 0.1) is 0 Å². The molecule has 2 N–H and O–H groups in total. The molecule has 0 saturated heterocycles. The van der Waals surface area contributed by atoms with Gasteiger partial charge in [0, 0.05) is 13.1 Å². The zero-order valence-electron chi connectivity index (χ0n) is 13.4. The van der Waals surface area contributed by atoms with Crippen molar-refractivity contribution in [2.24, 2.45) is 5.14 Å². The van der Waals surface area contributed by atoms with Crippen molar-refractivity contribution in [3.63, 3.8) is 0 Å². The number of hydrogen-bond acceptors (Lipinski definition) is 5. The van der Waals surface area contributed by atoms with Gasteiger partial charge in [0.15, 0.2) is 11.5 Å². The van der Waals surface area contributed by atoms with E-state index in [1.165, 1.54) is 0 Å². The summed E-state index contributed by atoms with van der Waals surface area (Å²) in [5, 5.41) is 5.31. The average Bonchev–Trinajstić information content (AvgIpc) is 3.01. The van der Waals surface area contributed by atoms with E-state index in [1.807, 2.05) is 31.2 Å². The van der Waals surface area contributed by atoms with E-state index >= 15 is 0 Å². The lowest BCUT2D eigenvalue weighted by Crippen LogP contribution is -2.24. The molecule has 2 aromatic rings. The molecule has 2 aromatic carbocycles. The van der Waals surface area contributed by atoms with Gasteiger partial charge in [-0.3, -0.25) is 4.90 Å². The molecule has 0 saturated carbocycles. The van der Waals surface area contributed by atoms with E-state index in [4.69, 9.17) is 14.6 Å². The molecule has 0 radical (unpaired) electrons. The first-order valence-electron chi connectivity index (χ1n) is 7.69. The summed E-state index contributed by atoms with van der Waals surface area (Å²) in [6.07, 6.45) is 0. The number of nitrogens with zero attached hydrogens (tertiary/aromatic N) is 1. The predicted molar refractivity (Wildman–Crippen MR) is 90.2 cm³/mol. The summed E-state index contributed by atoms with van der Waals surface area (Å²) in [7, 11) is -3.73. The Morgan fingerprint density at radius 1 is 1.08 bits per heavy atom. The number of sulfonamides is 1. The summed E-state index contributed by atoms with van der Waals surface area (Å²) >= 11 is 0. The molecule has 1 aliphatic rings. The summed E-state index contributed by atoms with van der Waals surface area (Å²) in [5.74, 6) is 1.50. The monoisotopic (exact) mass is 348 g/mol. The van der Waals surface area contributed by atoms with Crippen molar-refractivity contribution in [1.82, 2.24) is 4.90 Å². The van der Waals surface area contributed by atoms with Gasteiger partial charge < -0.3 is 9.47 Å². The molecule has 0 spiro atoms. The first-order chi connectivity index (χ1) is 11.5. The highest BCUT2D eigenvalue weighted by atomic mass is 32.2. The highest BCUT2D eigenvalue weighted by Gasteiger charge is 2.17. The van der Waals surface area contributed by atoms with Gasteiger partial charge in [0.25, 0.3) is 0 Å². The third-order valence-electron chi connectivity index (χ3n) is 3.96. The number of nitrogens with two attached hydrogens (primary N) is 1. The van der Waals surface area contributed by atoms with Gasteiger partial charge in [0.1, 0.15) is 0 Å². The molecule has 0 amide bonds. The van der Waals surface area contributed by atoms with E-state index in [1.54, 1.807) is 18.2 Å². The lowest BCUT2D eigenvalue weighted by Gasteiger charge is -2.22. The Hall–Kier alpha value is -2.09. The van der Waals surface area contributed by atoms with Gasteiger partial charge in [-0.05, 0) is 35.9 Å². The molecule has 24 heavy (non-hydrogen) atoms. The van der Waals surface area contributed by atoms with Crippen molar-refractivity contribution in [3.05, 3.63) is 53.6 Å². The van der Waals surface area contributed by atoms with Crippen LogP contribution in [0.15, 0.2) is 47.4 Å². The van der Waals surface area contributed by atoms with Gasteiger partial charge in [-0.15, -0.1) is 0 Å². The number of fused-ring (bicyclic) bond motifs is 1. The van der Waals surface area contributed by atoms with Crippen LogP contribution in [0.1, 0.15) is 18.1 Å². The fourth-order valence-corrected chi connectivity index (χ4v) is 3.50. The fraction of sp³-hybridized carbons (Fsp3) is 0.294. The topological polar surface area (TPSA) is 81.9 Å². The molecule has 1 aliphatic heterocycles. The summed E-state index contributed by atoms with van der Waals surface area (Å²) in [4.78, 5) is 2.32. The van der Waals surface area contributed by atoms with Gasteiger partial charge in [-0.25, -0.2) is 13.6 Å². The Morgan fingerprint density at radius 3 is 2.58 bits per heavy atom. The van der Waals surface area contributed by atoms with E-state index in [-0.39, 0.29) is 11.7 Å². The third kappa shape index (κ3) is 3.69. The van der Waals surface area contributed by atoms with Crippen LogP contribution in [0.4, 0.5) is 0 Å². The molecular weight excluding hydrogens is 328 g/mol. The van der Waals surface area contributed by atoms with Crippen LogP contribution >= 0.6 is 0 Å². The SMILES string of the molecule is CCN(Cc1ccc2c(c1)OCO2)Cc1ccccc1S(N)(=O)=O. The maximum absolute atomic E-state index is 11.7. The number of hydrogen-bond donors (Lipinski definition) is 1. The normalized spacial score (nSPS) is 13.5. The van der Waals surface area contributed by atoms with E-state index in [9.17, 15) is 8.42 Å². The Morgan fingerprint density at radius 2 is 1.83 bits per heavy atom. The number of ether oxygens (including phenoxy) is 2. The van der Waals surface area contributed by atoms with Crippen LogP contribution in [-0.2, 0) is 23.1 Å². The van der Waals surface area contributed by atoms with Gasteiger partial charge in [-0.1, -0.05) is 31.2 Å². The van der Waals surface area contributed by atoms with Crippen LogP contribution in [-0.4, -0.2) is 26.7 Å². The highest BCUT2D eigenvalue weighted by Crippen LogP contribution is 2.33. The molecular formula is C17H20N2O4S. The molecule has 3 rings (SSSR count). The molecule has 0 atom stereocenters. The molecule has 7 heteroatoms.